The van der Waals surface area contributed by atoms with Crippen molar-refractivity contribution in [1.82, 2.24) is 4.90 Å². The lowest BCUT2D eigenvalue weighted by molar-refractivity contribution is -0.151. The summed E-state index contributed by atoms with van der Waals surface area (Å²) < 4.78 is 5.55. The Bertz CT molecular complexity index is 268. The van der Waals surface area contributed by atoms with E-state index in [1.165, 1.54) is 51.6 Å². The Hall–Kier alpha value is -0.570. The van der Waals surface area contributed by atoms with Gasteiger partial charge in [-0.05, 0) is 51.1 Å². The Morgan fingerprint density at radius 2 is 1.89 bits per heavy atom. The van der Waals surface area contributed by atoms with Gasteiger partial charge in [0.15, 0.2) is 0 Å². The number of carbonyl (C=O) groups excluding carboxylic acids is 1. The lowest BCUT2D eigenvalue weighted by Gasteiger charge is -2.22. The summed E-state index contributed by atoms with van der Waals surface area (Å²) in [6.45, 7) is 6.04. The van der Waals surface area contributed by atoms with Gasteiger partial charge in [0.25, 0.3) is 0 Å². The molecule has 2 fully saturated rings. The van der Waals surface area contributed by atoms with Crippen molar-refractivity contribution in [3.05, 3.63) is 0 Å². The average Bonchev–Trinajstić information content (AvgIpc) is 3.08. The molecule has 0 N–H and O–H groups in total. The van der Waals surface area contributed by atoms with Gasteiger partial charge in [0.1, 0.15) is 6.61 Å². The van der Waals surface area contributed by atoms with Crippen molar-refractivity contribution in [2.24, 2.45) is 11.8 Å². The topological polar surface area (TPSA) is 29.5 Å². The molecule has 1 atom stereocenters. The predicted molar refractivity (Wildman–Crippen MR) is 77.0 cm³/mol. The molecule has 2 rings (SSSR count). The highest BCUT2D eigenvalue weighted by Crippen LogP contribution is 2.34. The van der Waals surface area contributed by atoms with Gasteiger partial charge in [-0.15, -0.1) is 0 Å². The number of hydrogen-bond acceptors (Lipinski definition) is 3. The van der Waals surface area contributed by atoms with Crippen molar-refractivity contribution in [1.29, 1.82) is 0 Å². The molecular formula is C16H29NO2. The molecule has 0 spiro atoms. The molecule has 2 aliphatic rings. The lowest BCUT2D eigenvalue weighted by atomic mass is 9.87. The average molecular weight is 267 g/mol. The van der Waals surface area contributed by atoms with Crippen molar-refractivity contribution in [2.75, 3.05) is 26.2 Å². The quantitative estimate of drug-likeness (QED) is 0.663. The van der Waals surface area contributed by atoms with Crippen molar-refractivity contribution in [3.63, 3.8) is 0 Å². The second-order valence-corrected chi connectivity index (χ2v) is 6.16. The Kier molecular flexibility index (Phi) is 6.15. The van der Waals surface area contributed by atoms with Gasteiger partial charge in [-0.25, -0.2) is 0 Å². The monoisotopic (exact) mass is 267 g/mol. The van der Waals surface area contributed by atoms with E-state index < -0.39 is 0 Å². The first kappa shape index (κ1) is 14.8. The maximum absolute atomic E-state index is 12.3. The first-order valence-corrected chi connectivity index (χ1v) is 8.20. The van der Waals surface area contributed by atoms with Crippen LogP contribution in [-0.2, 0) is 9.53 Å². The summed E-state index contributed by atoms with van der Waals surface area (Å²) in [5.74, 6) is 0.846. The first-order chi connectivity index (χ1) is 9.31. The molecule has 3 nitrogen and oxygen atoms in total. The molecule has 19 heavy (non-hydrogen) atoms. The van der Waals surface area contributed by atoms with E-state index in [0.29, 0.717) is 12.5 Å². The SMILES string of the molecule is CCCC(C(=O)OCCN1CCCC1)C1CCCC1. The number of nitrogens with zero attached hydrogens (tertiary/aromatic N) is 1. The fraction of sp³-hybridized carbons (Fsp3) is 0.938. The van der Waals surface area contributed by atoms with Crippen LogP contribution in [-0.4, -0.2) is 37.1 Å². The van der Waals surface area contributed by atoms with Crippen molar-refractivity contribution < 1.29 is 9.53 Å². The van der Waals surface area contributed by atoms with Crippen LogP contribution < -0.4 is 0 Å². The van der Waals surface area contributed by atoms with Crippen LogP contribution in [0.25, 0.3) is 0 Å². The van der Waals surface area contributed by atoms with E-state index in [9.17, 15) is 4.79 Å². The minimum absolute atomic E-state index is 0.0768. The fourth-order valence-corrected chi connectivity index (χ4v) is 3.61. The molecule has 0 aromatic carbocycles. The van der Waals surface area contributed by atoms with E-state index in [1.54, 1.807) is 0 Å². The van der Waals surface area contributed by atoms with Gasteiger partial charge in [-0.2, -0.15) is 0 Å². The molecule has 1 saturated carbocycles. The minimum atomic E-state index is 0.0768. The molecule has 0 bridgehead atoms. The summed E-state index contributed by atoms with van der Waals surface area (Å²) >= 11 is 0. The van der Waals surface area contributed by atoms with Gasteiger partial charge in [0, 0.05) is 6.54 Å². The number of esters is 1. The van der Waals surface area contributed by atoms with Gasteiger partial charge >= 0.3 is 5.97 Å². The smallest absolute Gasteiger partial charge is 0.309 e. The Balaban J connectivity index is 1.71. The first-order valence-electron chi connectivity index (χ1n) is 8.20. The predicted octanol–water partition coefficient (Wildman–Crippen LogP) is 3.23. The van der Waals surface area contributed by atoms with Crippen LogP contribution in [0.3, 0.4) is 0 Å². The van der Waals surface area contributed by atoms with E-state index in [1.807, 2.05) is 0 Å². The van der Waals surface area contributed by atoms with Crippen LogP contribution in [0.2, 0.25) is 0 Å². The van der Waals surface area contributed by atoms with E-state index in [0.717, 1.165) is 19.4 Å². The third kappa shape index (κ3) is 4.48. The highest BCUT2D eigenvalue weighted by molar-refractivity contribution is 5.72. The molecule has 1 aliphatic carbocycles. The molecule has 110 valence electrons. The standard InChI is InChI=1S/C16H29NO2/c1-2-7-15(14-8-3-4-9-14)16(18)19-13-12-17-10-5-6-11-17/h14-15H,2-13H2,1H3. The second-order valence-electron chi connectivity index (χ2n) is 6.16. The number of ether oxygens (including phenoxy) is 1. The van der Waals surface area contributed by atoms with Crippen molar-refractivity contribution in [2.45, 2.75) is 58.3 Å². The largest absolute Gasteiger partial charge is 0.464 e. The Labute approximate surface area is 117 Å². The van der Waals surface area contributed by atoms with Gasteiger partial charge < -0.3 is 4.74 Å². The molecule has 1 heterocycles. The molecule has 0 radical (unpaired) electrons. The highest BCUT2D eigenvalue weighted by atomic mass is 16.5. The highest BCUT2D eigenvalue weighted by Gasteiger charge is 2.31. The van der Waals surface area contributed by atoms with Gasteiger partial charge in [0.05, 0.1) is 5.92 Å². The zero-order valence-corrected chi connectivity index (χ0v) is 12.4. The fourth-order valence-electron chi connectivity index (χ4n) is 3.61. The third-order valence-electron chi connectivity index (χ3n) is 4.72. The summed E-state index contributed by atoms with van der Waals surface area (Å²) in [5.41, 5.74) is 0. The molecular weight excluding hydrogens is 238 g/mol. The van der Waals surface area contributed by atoms with Gasteiger partial charge in [-0.1, -0.05) is 26.2 Å². The molecule has 1 aliphatic heterocycles. The van der Waals surface area contributed by atoms with Crippen LogP contribution in [0.5, 0.6) is 0 Å². The van der Waals surface area contributed by atoms with Crippen LogP contribution in [0.4, 0.5) is 0 Å². The van der Waals surface area contributed by atoms with Gasteiger partial charge in [0.2, 0.25) is 0 Å². The Morgan fingerprint density at radius 3 is 2.53 bits per heavy atom. The van der Waals surface area contributed by atoms with Gasteiger partial charge in [-0.3, -0.25) is 9.69 Å². The molecule has 0 amide bonds. The molecule has 3 heteroatoms. The van der Waals surface area contributed by atoms with Crippen LogP contribution in [0.15, 0.2) is 0 Å². The van der Waals surface area contributed by atoms with Crippen molar-refractivity contribution >= 4 is 5.97 Å². The van der Waals surface area contributed by atoms with E-state index in [4.69, 9.17) is 4.74 Å². The Morgan fingerprint density at radius 1 is 1.21 bits per heavy atom. The maximum Gasteiger partial charge on any atom is 0.309 e. The third-order valence-corrected chi connectivity index (χ3v) is 4.72. The summed E-state index contributed by atoms with van der Waals surface area (Å²) in [4.78, 5) is 14.7. The van der Waals surface area contributed by atoms with Crippen LogP contribution in [0.1, 0.15) is 58.3 Å². The summed E-state index contributed by atoms with van der Waals surface area (Å²) in [6.07, 6.45) is 9.74. The zero-order chi connectivity index (χ0) is 13.5. The minimum Gasteiger partial charge on any atom is -0.464 e. The number of likely N-dealkylation sites (tertiary alicyclic amines) is 1. The number of carbonyl (C=O) groups is 1. The summed E-state index contributed by atoms with van der Waals surface area (Å²) in [6, 6.07) is 0. The number of rotatable bonds is 7. The molecule has 1 unspecified atom stereocenters. The van der Waals surface area contributed by atoms with Crippen molar-refractivity contribution in [3.8, 4) is 0 Å². The van der Waals surface area contributed by atoms with Crippen LogP contribution in [0, 0.1) is 11.8 Å². The number of hydrogen-bond donors (Lipinski definition) is 0. The van der Waals surface area contributed by atoms with Crippen LogP contribution >= 0.6 is 0 Å². The molecule has 0 aromatic rings. The summed E-state index contributed by atoms with van der Waals surface area (Å²) in [7, 11) is 0. The second kappa shape index (κ2) is 7.88. The lowest BCUT2D eigenvalue weighted by Crippen LogP contribution is -2.29. The molecule has 1 saturated heterocycles. The normalized spacial score (nSPS) is 22.8. The van der Waals surface area contributed by atoms with E-state index in [-0.39, 0.29) is 11.9 Å². The van der Waals surface area contributed by atoms with E-state index in [2.05, 4.69) is 11.8 Å². The maximum atomic E-state index is 12.3. The zero-order valence-electron chi connectivity index (χ0n) is 12.4. The molecule has 0 aromatic heterocycles. The van der Waals surface area contributed by atoms with E-state index >= 15 is 0 Å². The summed E-state index contributed by atoms with van der Waals surface area (Å²) in [5, 5.41) is 0.